The summed E-state index contributed by atoms with van der Waals surface area (Å²) in [5, 5.41) is 27.4. The summed E-state index contributed by atoms with van der Waals surface area (Å²) in [6, 6.07) is 0. The van der Waals surface area contributed by atoms with Gasteiger partial charge in [-0.05, 0) is 128 Å². The molecule has 0 bridgehead atoms. The van der Waals surface area contributed by atoms with Crippen molar-refractivity contribution in [2.75, 3.05) is 0 Å². The summed E-state index contributed by atoms with van der Waals surface area (Å²) < 4.78 is 0. The summed E-state index contributed by atoms with van der Waals surface area (Å²) in [5.41, 5.74) is 0.633. The number of carbonyl (C=O) groups excluding carboxylic acids is 2. The first-order valence-electron chi connectivity index (χ1n) is 20.4. The number of rotatable bonds is 12. The molecule has 5 saturated carbocycles. The monoisotopic (exact) mass is 752 g/mol. The molecule has 54 heavy (non-hydrogen) atoms. The van der Waals surface area contributed by atoms with Crippen LogP contribution in [-0.2, 0) is 28.9 Å². The van der Waals surface area contributed by atoms with Crippen LogP contribution in [0.3, 0.4) is 0 Å². The van der Waals surface area contributed by atoms with E-state index in [2.05, 4.69) is 58.4 Å². The van der Waals surface area contributed by atoms with Gasteiger partial charge in [0.2, 0.25) is 0 Å². The van der Waals surface area contributed by atoms with E-state index < -0.39 is 34.7 Å². The van der Waals surface area contributed by atoms with Crippen LogP contribution in [0.15, 0.2) is 22.5 Å². The van der Waals surface area contributed by atoms with Crippen LogP contribution in [0.5, 0.6) is 0 Å². The smallest absolute Gasteiger partial charge is 0.335 e. The minimum absolute atomic E-state index is 0.00368. The van der Waals surface area contributed by atoms with Crippen molar-refractivity contribution < 1.29 is 39.1 Å². The van der Waals surface area contributed by atoms with E-state index >= 15 is 0 Å². The Balaban J connectivity index is 1.36. The van der Waals surface area contributed by atoms with E-state index in [0.29, 0.717) is 29.6 Å². The van der Waals surface area contributed by atoms with Gasteiger partial charge in [0.05, 0.1) is 37.6 Å². The average molecular weight is 753 g/mol. The molecule has 10 nitrogen and oxygen atoms in total. The summed E-state index contributed by atoms with van der Waals surface area (Å²) >= 11 is 0. The molecule has 302 valence electrons. The van der Waals surface area contributed by atoms with Crippen LogP contribution in [0.4, 0.5) is 0 Å². The van der Waals surface area contributed by atoms with Crippen LogP contribution < -0.4 is 0 Å². The van der Waals surface area contributed by atoms with Crippen LogP contribution in [0.2, 0.25) is 0 Å². The third kappa shape index (κ3) is 7.57. The number of oxime groups is 2. The van der Waals surface area contributed by atoms with E-state index in [1.54, 1.807) is 27.7 Å². The molecule has 0 aromatic carbocycles. The maximum atomic E-state index is 12.8. The summed E-state index contributed by atoms with van der Waals surface area (Å²) in [5.74, 6) is -0.726. The van der Waals surface area contributed by atoms with Crippen molar-refractivity contribution in [2.24, 2.45) is 77.8 Å². The second-order valence-corrected chi connectivity index (χ2v) is 21.2. The summed E-state index contributed by atoms with van der Waals surface area (Å²) in [6.07, 6.45) is 12.1. The van der Waals surface area contributed by atoms with E-state index in [1.807, 2.05) is 6.21 Å². The molecule has 5 fully saturated rings. The molecule has 0 saturated heterocycles. The Labute approximate surface area is 323 Å². The second-order valence-electron chi connectivity index (χ2n) is 21.2. The predicted octanol–water partition coefficient (Wildman–Crippen LogP) is 9.85. The Bertz CT molecular complexity index is 1590. The Kier molecular flexibility index (Phi) is 11.3. The molecule has 0 amide bonds. The number of hydrogen-bond acceptors (Lipinski definition) is 8. The normalized spacial score (nSPS) is 38.1. The van der Waals surface area contributed by atoms with Gasteiger partial charge in [-0.25, -0.2) is 9.59 Å². The molecule has 5 aliphatic rings. The molecule has 0 aromatic heterocycles. The summed E-state index contributed by atoms with van der Waals surface area (Å²) in [6.45, 7) is 26.0. The van der Waals surface area contributed by atoms with E-state index in [-0.39, 0.29) is 52.8 Å². The molecule has 5 rings (SSSR count). The lowest BCUT2D eigenvalue weighted by atomic mass is 9.32. The fourth-order valence-electron chi connectivity index (χ4n) is 13.5. The molecule has 2 N–H and O–H groups in total. The highest BCUT2D eigenvalue weighted by molar-refractivity contribution is 5.91. The molecule has 0 radical (unpaired) electrons. The zero-order valence-corrected chi connectivity index (χ0v) is 34.8. The van der Waals surface area contributed by atoms with Crippen LogP contribution in [0, 0.1) is 67.5 Å². The number of allylic oxidation sites excluding steroid dienone is 1. The van der Waals surface area contributed by atoms with Gasteiger partial charge >= 0.3 is 23.9 Å². The SMILES string of the molecule is C=C(C)[C@@H]1CC[C@]2(/C=N/OC(=O)CC(C)(C)CC(=O)O)CC[C@]3(C)[C@H](CC[C@@H]4[C@@]5(C)CC/C(=N\OC(=O)CC(C)(C)CC(=O)O)C(C)(C)[C@@H]5CC[C@]43C)[C@@H]12. The van der Waals surface area contributed by atoms with Crippen LogP contribution in [0.25, 0.3) is 0 Å². The van der Waals surface area contributed by atoms with Crippen molar-refractivity contribution in [3.63, 3.8) is 0 Å². The Morgan fingerprint density at radius 1 is 0.759 bits per heavy atom. The first-order chi connectivity index (χ1) is 24.8. The van der Waals surface area contributed by atoms with Crippen molar-refractivity contribution in [3.8, 4) is 0 Å². The molecular weight excluding hydrogens is 684 g/mol. The minimum atomic E-state index is -0.938. The largest absolute Gasteiger partial charge is 0.481 e. The fraction of sp³-hybridized carbons (Fsp3) is 0.818. The highest BCUT2D eigenvalue weighted by Crippen LogP contribution is 2.77. The maximum Gasteiger partial charge on any atom is 0.335 e. The van der Waals surface area contributed by atoms with Gasteiger partial charge < -0.3 is 19.9 Å². The number of carbonyl (C=O) groups is 4. The molecule has 0 spiro atoms. The lowest BCUT2D eigenvalue weighted by Gasteiger charge is -2.72. The standard InChI is InChI=1S/C44H68N2O8/c1-27(2)28-14-19-44(26-45-53-35(51)24-38(3,4)22-33(47)48)21-20-42(10)29(37(28)44)12-13-31-41(9)17-16-32(40(7,8)30(41)15-18-43(31,42)11)46-54-36(52)25-39(5,6)23-34(49)50/h26,28-31,37H,1,12-25H2,2-11H3,(H,47,48)(H,49,50)/b45-26+,46-32+/t28-,29+,30-,31+,37+,41-,42+,43+,44+/m0/s1. The van der Waals surface area contributed by atoms with Gasteiger partial charge in [-0.15, -0.1) is 0 Å². The number of carboxylic acid groups (broad SMARTS) is 2. The van der Waals surface area contributed by atoms with Gasteiger partial charge in [0.1, 0.15) is 0 Å². The number of fused-ring (bicyclic) bond motifs is 7. The van der Waals surface area contributed by atoms with Gasteiger partial charge in [0, 0.05) is 10.8 Å². The quantitative estimate of drug-likeness (QED) is 0.0865. The maximum absolute atomic E-state index is 12.8. The highest BCUT2D eigenvalue weighted by Gasteiger charge is 2.70. The highest BCUT2D eigenvalue weighted by atomic mass is 16.7. The molecule has 0 aliphatic heterocycles. The average Bonchev–Trinajstić information content (AvgIpc) is 3.39. The van der Waals surface area contributed by atoms with Crippen LogP contribution in [-0.4, -0.2) is 46.0 Å². The Morgan fingerprint density at radius 2 is 1.35 bits per heavy atom. The molecule has 10 heteroatoms. The summed E-state index contributed by atoms with van der Waals surface area (Å²) in [7, 11) is 0. The predicted molar refractivity (Wildman–Crippen MR) is 208 cm³/mol. The zero-order valence-electron chi connectivity index (χ0n) is 34.8. The Hall–Kier alpha value is -3.04. The van der Waals surface area contributed by atoms with Gasteiger partial charge in [-0.2, -0.15) is 0 Å². The number of hydrogen-bond donors (Lipinski definition) is 2. The van der Waals surface area contributed by atoms with E-state index in [9.17, 15) is 29.4 Å². The van der Waals surface area contributed by atoms with Gasteiger partial charge in [0.15, 0.2) is 0 Å². The van der Waals surface area contributed by atoms with Crippen molar-refractivity contribution >= 4 is 35.8 Å². The van der Waals surface area contributed by atoms with E-state index in [1.165, 1.54) is 5.57 Å². The molecule has 9 atom stereocenters. The van der Waals surface area contributed by atoms with Crippen molar-refractivity contribution in [1.82, 2.24) is 0 Å². The van der Waals surface area contributed by atoms with Crippen LogP contribution in [0.1, 0.15) is 159 Å². The van der Waals surface area contributed by atoms with Gasteiger partial charge in [0.25, 0.3) is 0 Å². The number of carboxylic acids is 2. The number of aliphatic carboxylic acids is 2. The zero-order chi connectivity index (χ0) is 40.3. The van der Waals surface area contributed by atoms with Gasteiger partial charge in [-0.3, -0.25) is 9.59 Å². The minimum Gasteiger partial charge on any atom is -0.481 e. The number of nitrogens with zero attached hydrogens (tertiary/aromatic N) is 2. The fourth-order valence-corrected chi connectivity index (χ4v) is 13.5. The first kappa shape index (κ1) is 42.1. The molecular formula is C44H68N2O8. The first-order valence-corrected chi connectivity index (χ1v) is 20.4. The van der Waals surface area contributed by atoms with Crippen molar-refractivity contribution in [1.29, 1.82) is 0 Å². The summed E-state index contributed by atoms with van der Waals surface area (Å²) in [4.78, 5) is 59.1. The second kappa shape index (κ2) is 14.5. The van der Waals surface area contributed by atoms with Crippen molar-refractivity contribution in [2.45, 2.75) is 159 Å². The van der Waals surface area contributed by atoms with Crippen LogP contribution >= 0.6 is 0 Å². The molecule has 5 aliphatic carbocycles. The molecule has 0 unspecified atom stereocenters. The molecule has 0 aromatic rings. The van der Waals surface area contributed by atoms with E-state index in [4.69, 9.17) is 9.68 Å². The Morgan fingerprint density at radius 3 is 1.93 bits per heavy atom. The third-order valence-corrected chi connectivity index (χ3v) is 16.1. The van der Waals surface area contributed by atoms with E-state index in [0.717, 1.165) is 69.9 Å². The third-order valence-electron chi connectivity index (χ3n) is 16.1. The molecule has 0 heterocycles. The lowest BCUT2D eigenvalue weighted by molar-refractivity contribution is -0.222. The van der Waals surface area contributed by atoms with Crippen molar-refractivity contribution in [3.05, 3.63) is 12.2 Å². The topological polar surface area (TPSA) is 152 Å². The lowest BCUT2D eigenvalue weighted by Crippen LogP contribution is -2.66. The van der Waals surface area contributed by atoms with Gasteiger partial charge in [-0.1, -0.05) is 84.8 Å².